The van der Waals surface area contributed by atoms with Gasteiger partial charge < -0.3 is 16.5 Å². The first-order valence-corrected chi connectivity index (χ1v) is 3.93. The Morgan fingerprint density at radius 2 is 2.00 bits per heavy atom. The van der Waals surface area contributed by atoms with E-state index in [1.807, 2.05) is 20.8 Å². The van der Waals surface area contributed by atoms with Gasteiger partial charge in [0.25, 0.3) is 0 Å². The maximum absolute atomic E-state index is 6.87. The van der Waals surface area contributed by atoms with Gasteiger partial charge >= 0.3 is 0 Å². The van der Waals surface area contributed by atoms with Gasteiger partial charge in [0, 0.05) is 19.0 Å². The first-order chi connectivity index (χ1) is 5.26. The second-order valence-corrected chi connectivity index (χ2v) is 1.69. The van der Waals surface area contributed by atoms with Crippen molar-refractivity contribution in [1.82, 2.24) is 5.32 Å². The molecule has 0 heterocycles. The lowest BCUT2D eigenvalue weighted by Gasteiger charge is -2.02. The molecule has 0 saturated heterocycles. The number of nitrogens with one attached hydrogen (secondary N) is 2. The zero-order chi connectivity index (χ0) is 9.28. The van der Waals surface area contributed by atoms with E-state index >= 15 is 0 Å². The second kappa shape index (κ2) is 9.01. The Morgan fingerprint density at radius 1 is 1.55 bits per heavy atom. The fourth-order valence-electron chi connectivity index (χ4n) is 0.516. The van der Waals surface area contributed by atoms with Crippen molar-refractivity contribution in [3.63, 3.8) is 0 Å². The molecule has 0 saturated carbocycles. The van der Waals surface area contributed by atoms with Gasteiger partial charge in [-0.1, -0.05) is 20.8 Å². The van der Waals surface area contributed by atoms with Crippen LogP contribution in [-0.4, -0.2) is 13.3 Å². The summed E-state index contributed by atoms with van der Waals surface area (Å²) in [6.45, 7) is 5.95. The molecule has 0 aliphatic heterocycles. The molecule has 0 aromatic rings. The third-order valence-electron chi connectivity index (χ3n) is 1.14. The van der Waals surface area contributed by atoms with Gasteiger partial charge in [0.05, 0.1) is 5.70 Å². The van der Waals surface area contributed by atoms with Crippen molar-refractivity contribution in [3.8, 4) is 0 Å². The Morgan fingerprint density at radius 3 is 2.09 bits per heavy atom. The van der Waals surface area contributed by atoms with Crippen LogP contribution < -0.4 is 11.1 Å². The summed E-state index contributed by atoms with van der Waals surface area (Å²) in [5.74, 6) is 0. The van der Waals surface area contributed by atoms with Crippen molar-refractivity contribution < 1.29 is 0 Å². The number of allylic oxidation sites excluding steroid dienone is 2. The zero-order valence-corrected chi connectivity index (χ0v) is 7.86. The van der Waals surface area contributed by atoms with Crippen LogP contribution in [0.2, 0.25) is 0 Å². The zero-order valence-electron chi connectivity index (χ0n) is 7.86. The van der Waals surface area contributed by atoms with Gasteiger partial charge in [-0.3, -0.25) is 0 Å². The van der Waals surface area contributed by atoms with Gasteiger partial charge in [-0.2, -0.15) is 0 Å². The fraction of sp³-hybridized carbons (Fsp3) is 0.625. The first-order valence-electron chi connectivity index (χ1n) is 3.93. The van der Waals surface area contributed by atoms with Crippen LogP contribution in [0.4, 0.5) is 0 Å². The van der Waals surface area contributed by atoms with Gasteiger partial charge in [-0.15, -0.1) is 0 Å². The third kappa shape index (κ3) is 5.45. The van der Waals surface area contributed by atoms with E-state index in [0.717, 1.165) is 12.1 Å². The highest BCUT2D eigenvalue weighted by atomic mass is 14.9. The van der Waals surface area contributed by atoms with Gasteiger partial charge in [0.1, 0.15) is 0 Å². The number of rotatable bonds is 3. The van der Waals surface area contributed by atoms with Crippen molar-refractivity contribution in [1.29, 1.82) is 5.41 Å². The number of hydrogen-bond donors (Lipinski definition) is 3. The molecule has 0 amide bonds. The lowest BCUT2D eigenvalue weighted by Crippen LogP contribution is -2.14. The summed E-state index contributed by atoms with van der Waals surface area (Å²) >= 11 is 0. The minimum Gasteiger partial charge on any atom is -0.400 e. The van der Waals surface area contributed by atoms with Crippen molar-refractivity contribution in [2.75, 3.05) is 7.05 Å². The SMILES string of the molecule is CC.CC/C(N)=C(/C=N)NC. The molecule has 3 nitrogen and oxygen atoms in total. The highest BCUT2D eigenvalue weighted by Crippen LogP contribution is 1.94. The Kier molecular flexibility index (Phi) is 10.4. The van der Waals surface area contributed by atoms with E-state index in [1.165, 1.54) is 6.21 Å². The Labute approximate surface area is 69.2 Å². The molecular weight excluding hydrogens is 138 g/mol. The van der Waals surface area contributed by atoms with E-state index in [-0.39, 0.29) is 0 Å². The van der Waals surface area contributed by atoms with E-state index in [9.17, 15) is 0 Å². The highest BCUT2D eigenvalue weighted by molar-refractivity contribution is 5.75. The monoisotopic (exact) mass is 157 g/mol. The summed E-state index contributed by atoms with van der Waals surface area (Å²) in [5, 5.41) is 9.68. The summed E-state index contributed by atoms with van der Waals surface area (Å²) in [6, 6.07) is 0. The largest absolute Gasteiger partial charge is 0.400 e. The molecule has 0 aromatic heterocycles. The summed E-state index contributed by atoms with van der Waals surface area (Å²) in [7, 11) is 1.75. The van der Waals surface area contributed by atoms with E-state index in [1.54, 1.807) is 7.05 Å². The molecule has 66 valence electrons. The van der Waals surface area contributed by atoms with Crippen LogP contribution >= 0.6 is 0 Å². The average Bonchev–Trinajstić information content (AvgIpc) is 2.10. The van der Waals surface area contributed by atoms with Crippen molar-refractivity contribution in [2.24, 2.45) is 5.73 Å². The summed E-state index contributed by atoms with van der Waals surface area (Å²) < 4.78 is 0. The van der Waals surface area contributed by atoms with Gasteiger partial charge in [0.15, 0.2) is 0 Å². The van der Waals surface area contributed by atoms with Crippen LogP contribution in [-0.2, 0) is 0 Å². The van der Waals surface area contributed by atoms with E-state index < -0.39 is 0 Å². The van der Waals surface area contributed by atoms with Gasteiger partial charge in [0.2, 0.25) is 0 Å². The second-order valence-electron chi connectivity index (χ2n) is 1.69. The Balaban J connectivity index is 0. The van der Waals surface area contributed by atoms with E-state index in [2.05, 4.69) is 5.32 Å². The maximum atomic E-state index is 6.87. The smallest absolute Gasteiger partial charge is 0.0706 e. The molecular formula is C8H19N3. The van der Waals surface area contributed by atoms with Crippen LogP contribution in [0.25, 0.3) is 0 Å². The predicted octanol–water partition coefficient (Wildman–Crippen LogP) is 1.46. The topological polar surface area (TPSA) is 61.9 Å². The third-order valence-corrected chi connectivity index (χ3v) is 1.14. The van der Waals surface area contributed by atoms with E-state index in [0.29, 0.717) is 5.70 Å². The maximum Gasteiger partial charge on any atom is 0.0706 e. The van der Waals surface area contributed by atoms with E-state index in [4.69, 9.17) is 11.1 Å². The lowest BCUT2D eigenvalue weighted by atomic mass is 10.3. The van der Waals surface area contributed by atoms with Crippen LogP contribution in [0.1, 0.15) is 27.2 Å². The molecule has 0 aliphatic rings. The molecule has 0 aromatic carbocycles. The normalized spacial score (nSPS) is 10.5. The Bertz CT molecular complexity index is 127. The highest BCUT2D eigenvalue weighted by Gasteiger charge is 1.92. The summed E-state index contributed by atoms with van der Waals surface area (Å²) in [6.07, 6.45) is 2.00. The van der Waals surface area contributed by atoms with Crippen LogP contribution in [0.3, 0.4) is 0 Å². The fourth-order valence-corrected chi connectivity index (χ4v) is 0.516. The minimum absolute atomic E-state index is 0.706. The molecule has 3 heteroatoms. The molecule has 0 spiro atoms. The molecule has 0 rings (SSSR count). The standard InChI is InChI=1S/C6H13N3.C2H6/c1-3-5(8)6(4-7)9-2;1-2/h4,7,9H,3,8H2,1-2H3;1-2H3/b6-5+,7-4?;. The molecule has 0 radical (unpaired) electrons. The number of nitrogens with two attached hydrogens (primary N) is 1. The number of hydrogen-bond acceptors (Lipinski definition) is 3. The van der Waals surface area contributed by atoms with Gasteiger partial charge in [-0.05, 0) is 6.42 Å². The quantitative estimate of drug-likeness (QED) is 0.543. The van der Waals surface area contributed by atoms with Crippen LogP contribution in [0.5, 0.6) is 0 Å². The average molecular weight is 157 g/mol. The minimum atomic E-state index is 0.706. The van der Waals surface area contributed by atoms with Crippen LogP contribution in [0.15, 0.2) is 11.4 Å². The summed E-state index contributed by atoms with van der Waals surface area (Å²) in [5.41, 5.74) is 6.94. The molecule has 0 atom stereocenters. The van der Waals surface area contributed by atoms with Crippen molar-refractivity contribution in [3.05, 3.63) is 11.4 Å². The van der Waals surface area contributed by atoms with Crippen molar-refractivity contribution >= 4 is 6.21 Å². The van der Waals surface area contributed by atoms with Crippen LogP contribution in [0, 0.1) is 5.41 Å². The molecule has 4 N–H and O–H groups in total. The lowest BCUT2D eigenvalue weighted by molar-refractivity contribution is 0.959. The molecule has 0 unspecified atom stereocenters. The van der Waals surface area contributed by atoms with Gasteiger partial charge in [-0.25, -0.2) is 0 Å². The molecule has 0 bridgehead atoms. The Hall–Kier alpha value is -0.990. The predicted molar refractivity (Wildman–Crippen MR) is 50.7 cm³/mol. The molecule has 0 fully saturated rings. The molecule has 11 heavy (non-hydrogen) atoms. The molecule has 0 aliphatic carbocycles. The van der Waals surface area contributed by atoms with Crippen molar-refractivity contribution in [2.45, 2.75) is 27.2 Å². The summed E-state index contributed by atoms with van der Waals surface area (Å²) in [4.78, 5) is 0. The first kappa shape index (κ1) is 12.7.